The summed E-state index contributed by atoms with van der Waals surface area (Å²) in [6.07, 6.45) is 0. The first-order chi connectivity index (χ1) is 21.3. The molecule has 3 aromatic rings. The molecule has 230 valence electrons. The molecule has 0 unspecified atom stereocenters. The van der Waals surface area contributed by atoms with Crippen molar-refractivity contribution in [3.05, 3.63) is 76.3 Å². The van der Waals surface area contributed by atoms with Crippen molar-refractivity contribution in [3.63, 3.8) is 0 Å². The molecule has 6 rings (SSSR count). The van der Waals surface area contributed by atoms with Gasteiger partial charge in [-0.25, -0.2) is 4.99 Å². The van der Waals surface area contributed by atoms with Gasteiger partial charge < -0.3 is 25.2 Å². The molecule has 2 fully saturated rings. The number of aromatic nitrogens is 1. The fourth-order valence-corrected chi connectivity index (χ4v) is 6.03. The standard InChI is InChI=1S/C33H39N7O4/c1-37-11-15-39(16-12-37)10-9-34-31(42)25-8-4-7-24(20-25)30-28-27(32(43)36-30)29(35-33(28)44)23-6-3-5-22(19-23)26(41)21-40-17-13-38(2)14-18-40/h3-8,19-20,36,43H,9-18,21H2,1-2H3,(H,34,42). The van der Waals surface area contributed by atoms with E-state index in [4.69, 9.17) is 0 Å². The van der Waals surface area contributed by atoms with Gasteiger partial charge in [0.25, 0.3) is 11.8 Å². The number of benzene rings is 2. The Kier molecular flexibility index (Phi) is 8.72. The van der Waals surface area contributed by atoms with Crippen molar-refractivity contribution < 1.29 is 19.5 Å². The molecule has 0 aliphatic carbocycles. The van der Waals surface area contributed by atoms with Crippen LogP contribution in [-0.4, -0.2) is 139 Å². The van der Waals surface area contributed by atoms with E-state index in [1.165, 1.54) is 0 Å². The van der Waals surface area contributed by atoms with E-state index in [1.807, 2.05) is 0 Å². The SMILES string of the molecule is CN1CCN(CCNC(=O)c2cccc(-c3[nH]c(O)c4c3C(=O)N=C4c3cccc(C(=O)CN4CCN(C)CC4)c3)c2)CC1. The quantitative estimate of drug-likeness (QED) is 0.319. The third kappa shape index (κ3) is 6.36. The molecule has 3 N–H and O–H groups in total. The molecule has 0 atom stereocenters. The normalized spacial score (nSPS) is 18.3. The summed E-state index contributed by atoms with van der Waals surface area (Å²) in [6.45, 7) is 9.19. The minimum atomic E-state index is -0.488. The van der Waals surface area contributed by atoms with Gasteiger partial charge in [0.05, 0.1) is 29.1 Å². The number of likely N-dealkylation sites (N-methyl/N-ethyl adjacent to an activating group) is 2. The van der Waals surface area contributed by atoms with E-state index in [9.17, 15) is 19.5 Å². The number of carbonyl (C=O) groups is 3. The Hall–Kier alpha value is -4.16. The molecule has 1 aromatic heterocycles. The van der Waals surface area contributed by atoms with Gasteiger partial charge in [-0.1, -0.05) is 30.3 Å². The minimum Gasteiger partial charge on any atom is -0.494 e. The summed E-state index contributed by atoms with van der Waals surface area (Å²) in [5.74, 6) is -0.873. The Bertz CT molecular complexity index is 1600. The lowest BCUT2D eigenvalue weighted by Gasteiger charge is -2.32. The largest absolute Gasteiger partial charge is 0.494 e. The van der Waals surface area contributed by atoms with E-state index in [2.05, 4.69) is 49.0 Å². The van der Waals surface area contributed by atoms with Crippen LogP contribution in [0.1, 0.15) is 42.2 Å². The monoisotopic (exact) mass is 597 g/mol. The minimum absolute atomic E-state index is 0.000784. The number of piperazine rings is 2. The van der Waals surface area contributed by atoms with Crippen LogP contribution in [0.4, 0.5) is 0 Å². The van der Waals surface area contributed by atoms with Crippen molar-refractivity contribution >= 4 is 23.3 Å². The second-order valence-corrected chi connectivity index (χ2v) is 11.9. The number of hydrogen-bond acceptors (Lipinski definition) is 8. The van der Waals surface area contributed by atoms with Gasteiger partial charge in [-0.2, -0.15) is 0 Å². The van der Waals surface area contributed by atoms with Crippen molar-refractivity contribution in [2.24, 2.45) is 4.99 Å². The maximum Gasteiger partial charge on any atom is 0.280 e. The maximum absolute atomic E-state index is 13.2. The Morgan fingerprint density at radius 2 is 1.45 bits per heavy atom. The molecule has 3 aliphatic heterocycles. The van der Waals surface area contributed by atoms with Crippen LogP contribution in [0.15, 0.2) is 53.5 Å². The number of amides is 2. The maximum atomic E-state index is 13.2. The molecule has 11 heteroatoms. The Morgan fingerprint density at radius 3 is 2.16 bits per heavy atom. The van der Waals surface area contributed by atoms with Gasteiger partial charge in [0.15, 0.2) is 11.7 Å². The van der Waals surface area contributed by atoms with Gasteiger partial charge in [0, 0.05) is 82.1 Å². The number of Topliss-reactive ketones (excluding diaryl/α,β-unsaturated/α-hetero) is 1. The summed E-state index contributed by atoms with van der Waals surface area (Å²) >= 11 is 0. The first-order valence-corrected chi connectivity index (χ1v) is 15.2. The molecule has 11 nitrogen and oxygen atoms in total. The Labute approximate surface area is 257 Å². The fraction of sp³-hybridized carbons (Fsp3) is 0.394. The molecule has 0 bridgehead atoms. The molecule has 44 heavy (non-hydrogen) atoms. The van der Waals surface area contributed by atoms with Crippen molar-refractivity contribution in [2.45, 2.75) is 0 Å². The third-order valence-corrected chi connectivity index (χ3v) is 8.79. The molecule has 0 spiro atoms. The first-order valence-electron chi connectivity index (χ1n) is 15.2. The van der Waals surface area contributed by atoms with Gasteiger partial charge in [0.1, 0.15) is 0 Å². The second kappa shape index (κ2) is 12.8. The van der Waals surface area contributed by atoms with E-state index >= 15 is 0 Å². The number of hydrogen-bond donors (Lipinski definition) is 3. The third-order valence-electron chi connectivity index (χ3n) is 8.79. The highest BCUT2D eigenvalue weighted by Gasteiger charge is 2.34. The van der Waals surface area contributed by atoms with Crippen LogP contribution >= 0.6 is 0 Å². The van der Waals surface area contributed by atoms with Crippen LogP contribution < -0.4 is 5.32 Å². The molecule has 3 aliphatic rings. The van der Waals surface area contributed by atoms with Gasteiger partial charge in [-0.3, -0.25) is 24.2 Å². The molecule has 4 heterocycles. The van der Waals surface area contributed by atoms with Crippen LogP contribution in [0.25, 0.3) is 11.3 Å². The van der Waals surface area contributed by atoms with E-state index in [0.717, 1.165) is 58.9 Å². The highest BCUT2D eigenvalue weighted by Crippen LogP contribution is 2.38. The molecular weight excluding hydrogens is 558 g/mol. The lowest BCUT2D eigenvalue weighted by molar-refractivity contribution is 0.0875. The zero-order valence-electron chi connectivity index (χ0n) is 25.3. The zero-order valence-corrected chi connectivity index (χ0v) is 25.3. The van der Waals surface area contributed by atoms with Gasteiger partial charge in [-0.05, 0) is 37.9 Å². The number of H-pyrrole nitrogens is 1. The molecule has 0 saturated carbocycles. The van der Waals surface area contributed by atoms with E-state index < -0.39 is 5.91 Å². The van der Waals surface area contributed by atoms with Crippen molar-refractivity contribution in [1.29, 1.82) is 0 Å². The predicted octanol–water partition coefficient (Wildman–Crippen LogP) is 1.79. The number of nitrogens with one attached hydrogen (secondary N) is 2. The summed E-state index contributed by atoms with van der Waals surface area (Å²) in [6, 6.07) is 14.0. The molecule has 2 aromatic carbocycles. The first kappa shape index (κ1) is 29.9. The van der Waals surface area contributed by atoms with E-state index in [0.29, 0.717) is 52.3 Å². The van der Waals surface area contributed by atoms with Gasteiger partial charge in [0.2, 0.25) is 0 Å². The van der Waals surface area contributed by atoms with Crippen LogP contribution in [0.2, 0.25) is 0 Å². The summed E-state index contributed by atoms with van der Waals surface area (Å²) < 4.78 is 0. The van der Waals surface area contributed by atoms with Crippen LogP contribution in [-0.2, 0) is 0 Å². The predicted molar refractivity (Wildman–Crippen MR) is 169 cm³/mol. The van der Waals surface area contributed by atoms with Crippen LogP contribution in [0, 0.1) is 0 Å². The van der Waals surface area contributed by atoms with Crippen LogP contribution in [0.5, 0.6) is 5.88 Å². The molecular formula is C33H39N7O4. The molecule has 2 saturated heterocycles. The van der Waals surface area contributed by atoms with Crippen LogP contribution in [0.3, 0.4) is 0 Å². The lowest BCUT2D eigenvalue weighted by Crippen LogP contribution is -2.46. The Morgan fingerprint density at radius 1 is 0.841 bits per heavy atom. The summed E-state index contributed by atoms with van der Waals surface area (Å²) in [5, 5.41) is 14.0. The van der Waals surface area contributed by atoms with E-state index in [-0.39, 0.29) is 23.1 Å². The average molecular weight is 598 g/mol. The number of fused-ring (bicyclic) bond motifs is 1. The number of nitrogens with zero attached hydrogens (tertiary/aromatic N) is 5. The van der Waals surface area contributed by atoms with Crippen molar-refractivity contribution in [3.8, 4) is 17.1 Å². The number of ketones is 1. The Balaban J connectivity index is 1.17. The average Bonchev–Trinajstić information content (AvgIpc) is 3.57. The fourth-order valence-electron chi connectivity index (χ4n) is 6.03. The van der Waals surface area contributed by atoms with Crippen molar-refractivity contribution in [2.75, 3.05) is 86.1 Å². The zero-order chi connectivity index (χ0) is 30.8. The number of rotatable bonds is 9. The topological polar surface area (TPSA) is 125 Å². The summed E-state index contributed by atoms with van der Waals surface area (Å²) in [5.41, 5.74) is 3.43. The molecule has 2 amide bonds. The lowest BCUT2D eigenvalue weighted by atomic mass is 9.97. The number of aromatic hydroxyl groups is 1. The number of aliphatic imine (C=N–C) groups is 1. The van der Waals surface area contributed by atoms with Gasteiger partial charge in [-0.15, -0.1) is 0 Å². The highest BCUT2D eigenvalue weighted by atomic mass is 16.3. The second-order valence-electron chi connectivity index (χ2n) is 11.9. The van der Waals surface area contributed by atoms with Crippen molar-refractivity contribution in [1.82, 2.24) is 29.9 Å². The smallest absolute Gasteiger partial charge is 0.280 e. The highest BCUT2D eigenvalue weighted by molar-refractivity contribution is 6.30. The number of aromatic amines is 1. The summed E-state index contributed by atoms with van der Waals surface area (Å²) in [7, 11) is 4.19. The number of carbonyl (C=O) groups excluding carboxylic acids is 3. The van der Waals surface area contributed by atoms with Gasteiger partial charge >= 0.3 is 0 Å². The summed E-state index contributed by atoms with van der Waals surface area (Å²) in [4.78, 5) is 55.6. The van der Waals surface area contributed by atoms with E-state index in [1.54, 1.807) is 48.5 Å². The molecule has 0 radical (unpaired) electrons.